The Hall–Kier alpha value is -2.79. The van der Waals surface area contributed by atoms with E-state index in [1.54, 1.807) is 32.9 Å². The lowest BCUT2D eigenvalue weighted by molar-refractivity contribution is -0.140. The molecule has 0 radical (unpaired) electrons. The van der Waals surface area contributed by atoms with Gasteiger partial charge in [0.2, 0.25) is 21.8 Å². The molecule has 0 aromatic heterocycles. The molecular weight excluding hydrogens is 531 g/mol. The molecule has 0 bridgehead atoms. The fraction of sp³-hybridized carbons (Fsp3) is 0.440. The van der Waals surface area contributed by atoms with Crippen LogP contribution in [0.25, 0.3) is 0 Å². The quantitative estimate of drug-likeness (QED) is 0.503. The minimum Gasteiger partial charge on any atom is -0.350 e. The van der Waals surface area contributed by atoms with Crippen molar-refractivity contribution in [3.63, 3.8) is 0 Å². The molecule has 0 saturated carbocycles. The first kappa shape index (κ1) is 30.4. The minimum atomic E-state index is -4.76. The molecule has 0 spiro atoms. The van der Waals surface area contributed by atoms with Gasteiger partial charge in [-0.2, -0.15) is 13.2 Å². The normalized spacial score (nSPS) is 13.1. The molecule has 0 aliphatic rings. The number of amides is 2. The van der Waals surface area contributed by atoms with Crippen molar-refractivity contribution in [2.24, 2.45) is 0 Å². The van der Waals surface area contributed by atoms with Crippen LogP contribution < -0.4 is 9.62 Å². The van der Waals surface area contributed by atoms with Crippen LogP contribution in [0.2, 0.25) is 5.02 Å². The number of rotatable bonds is 8. The van der Waals surface area contributed by atoms with Gasteiger partial charge in [-0.1, -0.05) is 41.4 Å². The molecule has 2 amide bonds. The maximum absolute atomic E-state index is 13.5. The van der Waals surface area contributed by atoms with Crippen molar-refractivity contribution in [3.05, 3.63) is 64.2 Å². The van der Waals surface area contributed by atoms with Gasteiger partial charge in [0.05, 0.1) is 22.5 Å². The van der Waals surface area contributed by atoms with E-state index in [9.17, 15) is 31.2 Å². The van der Waals surface area contributed by atoms with Crippen LogP contribution in [0.15, 0.2) is 42.5 Å². The molecule has 37 heavy (non-hydrogen) atoms. The zero-order valence-corrected chi connectivity index (χ0v) is 23.1. The van der Waals surface area contributed by atoms with E-state index in [0.29, 0.717) is 15.9 Å². The highest BCUT2D eigenvalue weighted by atomic mass is 35.5. The summed E-state index contributed by atoms with van der Waals surface area (Å²) in [6.07, 6.45) is -4.00. The summed E-state index contributed by atoms with van der Waals surface area (Å²) in [6.45, 7) is 7.76. The Bertz CT molecular complexity index is 1260. The smallest absolute Gasteiger partial charge is 0.350 e. The van der Waals surface area contributed by atoms with Crippen molar-refractivity contribution in [1.82, 2.24) is 10.2 Å². The molecule has 204 valence electrons. The molecule has 12 heteroatoms. The first-order valence-corrected chi connectivity index (χ1v) is 13.5. The molecule has 0 saturated heterocycles. The lowest BCUT2D eigenvalue weighted by atomic mass is 10.1. The highest BCUT2D eigenvalue weighted by Crippen LogP contribution is 2.36. The number of benzene rings is 2. The predicted molar refractivity (Wildman–Crippen MR) is 138 cm³/mol. The lowest BCUT2D eigenvalue weighted by Gasteiger charge is -2.33. The van der Waals surface area contributed by atoms with Crippen LogP contribution in [0.3, 0.4) is 0 Å². The van der Waals surface area contributed by atoms with Gasteiger partial charge < -0.3 is 10.2 Å². The lowest BCUT2D eigenvalue weighted by Crippen LogP contribution is -2.54. The maximum Gasteiger partial charge on any atom is 0.416 e. The molecule has 2 aromatic carbocycles. The Morgan fingerprint density at radius 1 is 1.08 bits per heavy atom. The van der Waals surface area contributed by atoms with Crippen LogP contribution >= 0.6 is 11.6 Å². The number of halogens is 4. The number of hydrogen-bond acceptors (Lipinski definition) is 4. The molecule has 0 unspecified atom stereocenters. The first-order chi connectivity index (χ1) is 16.8. The van der Waals surface area contributed by atoms with Crippen molar-refractivity contribution in [2.75, 3.05) is 17.1 Å². The van der Waals surface area contributed by atoms with Crippen LogP contribution in [0, 0.1) is 6.92 Å². The number of anilines is 1. The van der Waals surface area contributed by atoms with E-state index in [0.717, 1.165) is 24.0 Å². The van der Waals surface area contributed by atoms with Crippen LogP contribution in [0.1, 0.15) is 44.4 Å². The van der Waals surface area contributed by atoms with Gasteiger partial charge in [-0.25, -0.2) is 8.42 Å². The summed E-state index contributed by atoms with van der Waals surface area (Å²) in [5.41, 5.74) is -0.623. The van der Waals surface area contributed by atoms with Crippen LogP contribution in [0.5, 0.6) is 0 Å². The average molecular weight is 562 g/mol. The third-order valence-electron chi connectivity index (χ3n) is 5.32. The largest absolute Gasteiger partial charge is 0.416 e. The summed E-state index contributed by atoms with van der Waals surface area (Å²) in [7, 11) is -4.25. The Morgan fingerprint density at radius 2 is 1.70 bits per heavy atom. The highest BCUT2D eigenvalue weighted by Gasteiger charge is 2.35. The summed E-state index contributed by atoms with van der Waals surface area (Å²) in [4.78, 5) is 27.7. The second-order valence-electron chi connectivity index (χ2n) is 9.86. The molecule has 1 atom stereocenters. The summed E-state index contributed by atoms with van der Waals surface area (Å²) >= 11 is 6.08. The zero-order chi connectivity index (χ0) is 28.3. The van der Waals surface area contributed by atoms with Gasteiger partial charge in [0.1, 0.15) is 12.6 Å². The summed E-state index contributed by atoms with van der Waals surface area (Å²) in [5, 5.41) is 2.51. The minimum absolute atomic E-state index is 0.0346. The van der Waals surface area contributed by atoms with E-state index in [1.165, 1.54) is 11.8 Å². The number of hydrogen-bond donors (Lipinski definition) is 1. The SMILES string of the molecule is Cc1cccc(CN(C(=O)CN(c2cc(C(F)(F)F)ccc2Cl)S(C)(=O)=O)[C@H](C)C(=O)NC(C)(C)C)c1. The highest BCUT2D eigenvalue weighted by molar-refractivity contribution is 7.92. The van der Waals surface area contributed by atoms with Crippen LogP contribution in [0.4, 0.5) is 18.9 Å². The van der Waals surface area contributed by atoms with Crippen LogP contribution in [-0.4, -0.2) is 49.5 Å². The van der Waals surface area contributed by atoms with Gasteiger partial charge in [0, 0.05) is 12.1 Å². The molecule has 1 N–H and O–H groups in total. The van der Waals surface area contributed by atoms with Gasteiger partial charge in [0.25, 0.3) is 0 Å². The number of carbonyl (C=O) groups excluding carboxylic acids is 2. The number of aryl methyl sites for hydroxylation is 1. The van der Waals surface area contributed by atoms with E-state index >= 15 is 0 Å². The second kappa shape index (κ2) is 11.3. The first-order valence-electron chi connectivity index (χ1n) is 11.3. The third kappa shape index (κ3) is 8.63. The summed E-state index contributed by atoms with van der Waals surface area (Å²) < 4.78 is 65.8. The summed E-state index contributed by atoms with van der Waals surface area (Å²) in [5.74, 6) is -1.27. The standard InChI is InChI=1S/C25H31ClF3N3O4S/c1-16-8-7-9-18(12-16)14-31(17(2)23(34)30-24(3,4)5)22(33)15-32(37(6,35)36)21-13-19(25(27,28)29)10-11-20(21)26/h7-13,17H,14-15H2,1-6H3,(H,30,34)/t17-/m1/s1. The van der Waals surface area contributed by atoms with Crippen LogP contribution in [-0.2, 0) is 32.3 Å². The molecular formula is C25H31ClF3N3O4S. The molecule has 2 rings (SSSR count). The van der Waals surface area contributed by atoms with E-state index < -0.39 is 57.4 Å². The van der Waals surface area contributed by atoms with Gasteiger partial charge in [-0.05, 0) is 58.4 Å². The molecule has 0 fully saturated rings. The van der Waals surface area contributed by atoms with E-state index in [4.69, 9.17) is 11.6 Å². The van der Waals surface area contributed by atoms with Crippen molar-refractivity contribution < 1.29 is 31.2 Å². The molecule has 0 aliphatic carbocycles. The van der Waals surface area contributed by atoms with Crippen molar-refractivity contribution in [1.29, 1.82) is 0 Å². The Balaban J connectivity index is 2.52. The Kier molecular flexibility index (Phi) is 9.30. The topological polar surface area (TPSA) is 86.8 Å². The third-order valence-corrected chi connectivity index (χ3v) is 6.77. The van der Waals surface area contributed by atoms with Gasteiger partial charge in [-0.15, -0.1) is 0 Å². The number of alkyl halides is 3. The van der Waals surface area contributed by atoms with Gasteiger partial charge >= 0.3 is 6.18 Å². The van der Waals surface area contributed by atoms with Crippen molar-refractivity contribution >= 4 is 39.1 Å². The monoisotopic (exact) mass is 561 g/mol. The number of carbonyl (C=O) groups is 2. The zero-order valence-electron chi connectivity index (χ0n) is 21.5. The number of sulfonamides is 1. The number of nitrogens with one attached hydrogen (secondary N) is 1. The number of nitrogens with zero attached hydrogens (tertiary/aromatic N) is 2. The Labute approximate surface area is 220 Å². The fourth-order valence-electron chi connectivity index (χ4n) is 3.54. The van der Waals surface area contributed by atoms with Crippen molar-refractivity contribution in [3.8, 4) is 0 Å². The van der Waals surface area contributed by atoms with Gasteiger partial charge in [-0.3, -0.25) is 13.9 Å². The molecule has 7 nitrogen and oxygen atoms in total. The second-order valence-corrected chi connectivity index (χ2v) is 12.2. The molecule has 2 aromatic rings. The van der Waals surface area contributed by atoms with E-state index in [2.05, 4.69) is 5.32 Å². The molecule has 0 aliphatic heterocycles. The maximum atomic E-state index is 13.5. The van der Waals surface area contributed by atoms with E-state index in [-0.39, 0.29) is 11.6 Å². The molecule has 0 heterocycles. The van der Waals surface area contributed by atoms with E-state index in [1.807, 2.05) is 19.1 Å². The predicted octanol–water partition coefficient (Wildman–Crippen LogP) is 4.77. The summed E-state index contributed by atoms with van der Waals surface area (Å²) in [6, 6.07) is 8.39. The Morgan fingerprint density at radius 3 is 2.22 bits per heavy atom. The van der Waals surface area contributed by atoms with Gasteiger partial charge in [0.15, 0.2) is 0 Å². The average Bonchev–Trinajstić information content (AvgIpc) is 2.73. The van der Waals surface area contributed by atoms with Crippen molar-refractivity contribution in [2.45, 2.75) is 58.9 Å². The fourth-order valence-corrected chi connectivity index (χ4v) is 4.66.